The van der Waals surface area contributed by atoms with E-state index in [1.807, 2.05) is 18.2 Å². The third-order valence-corrected chi connectivity index (χ3v) is 4.84. The van der Waals surface area contributed by atoms with Crippen LogP contribution < -0.4 is 10.6 Å². The summed E-state index contributed by atoms with van der Waals surface area (Å²) < 4.78 is 0. The molecule has 3 heteroatoms. The van der Waals surface area contributed by atoms with Gasteiger partial charge in [0, 0.05) is 6.04 Å². The number of carbonyl (C=O) groups excluding carboxylic acids is 1. The third-order valence-electron chi connectivity index (χ3n) is 4.84. The molecule has 1 aliphatic heterocycles. The standard InChI is InChI=1S/C17H24N2O/c1-12(13-7-3-2-4-8-13)18-17(20)16-11-14-9-5-6-10-15(14)19-16/h2-4,7-8,12,14-16,19H,5-6,9-11H2,1H3,(H,18,20). The van der Waals surface area contributed by atoms with Crippen molar-refractivity contribution in [3.05, 3.63) is 35.9 Å². The summed E-state index contributed by atoms with van der Waals surface area (Å²) in [5.74, 6) is 0.877. The van der Waals surface area contributed by atoms with Gasteiger partial charge in [0.25, 0.3) is 0 Å². The molecule has 2 aliphatic rings. The zero-order valence-corrected chi connectivity index (χ0v) is 12.1. The van der Waals surface area contributed by atoms with E-state index in [9.17, 15) is 4.79 Å². The Balaban J connectivity index is 1.57. The van der Waals surface area contributed by atoms with E-state index in [2.05, 4.69) is 29.7 Å². The molecule has 1 aromatic carbocycles. The van der Waals surface area contributed by atoms with E-state index in [1.54, 1.807) is 0 Å². The maximum atomic E-state index is 12.4. The fourth-order valence-corrected chi connectivity index (χ4v) is 3.66. The Bertz CT molecular complexity index is 445. The van der Waals surface area contributed by atoms with Crippen LogP contribution in [0.3, 0.4) is 0 Å². The zero-order valence-electron chi connectivity index (χ0n) is 12.1. The highest BCUT2D eigenvalue weighted by molar-refractivity contribution is 5.82. The number of carbonyl (C=O) groups is 1. The van der Waals surface area contributed by atoms with Gasteiger partial charge in [-0.15, -0.1) is 0 Å². The van der Waals surface area contributed by atoms with Gasteiger partial charge in [-0.05, 0) is 37.7 Å². The average molecular weight is 272 g/mol. The van der Waals surface area contributed by atoms with Crippen LogP contribution in [0.4, 0.5) is 0 Å². The minimum atomic E-state index is 0.00858. The molecule has 0 spiro atoms. The fourth-order valence-electron chi connectivity index (χ4n) is 3.66. The molecule has 3 rings (SSSR count). The number of hydrogen-bond acceptors (Lipinski definition) is 2. The Labute approximate surface area is 121 Å². The molecule has 0 aromatic heterocycles. The van der Waals surface area contributed by atoms with Gasteiger partial charge in [-0.25, -0.2) is 0 Å². The van der Waals surface area contributed by atoms with E-state index in [1.165, 1.54) is 25.7 Å². The van der Waals surface area contributed by atoms with Crippen molar-refractivity contribution in [1.29, 1.82) is 0 Å². The van der Waals surface area contributed by atoms with Crippen LogP contribution >= 0.6 is 0 Å². The predicted molar refractivity (Wildman–Crippen MR) is 80.3 cm³/mol. The van der Waals surface area contributed by atoms with Gasteiger partial charge in [0.1, 0.15) is 0 Å². The normalized spacial score (nSPS) is 30.6. The lowest BCUT2D eigenvalue weighted by atomic mass is 9.85. The van der Waals surface area contributed by atoms with E-state index in [0.29, 0.717) is 12.0 Å². The summed E-state index contributed by atoms with van der Waals surface area (Å²) in [4.78, 5) is 12.4. The second kappa shape index (κ2) is 5.96. The molecule has 1 saturated carbocycles. The lowest BCUT2D eigenvalue weighted by molar-refractivity contribution is -0.123. The average Bonchev–Trinajstić information content (AvgIpc) is 2.92. The first-order valence-corrected chi connectivity index (χ1v) is 7.85. The molecule has 1 saturated heterocycles. The van der Waals surface area contributed by atoms with Crippen LogP contribution in [-0.4, -0.2) is 18.0 Å². The monoisotopic (exact) mass is 272 g/mol. The number of amides is 1. The van der Waals surface area contributed by atoms with E-state index in [-0.39, 0.29) is 18.0 Å². The fraction of sp³-hybridized carbons (Fsp3) is 0.588. The quantitative estimate of drug-likeness (QED) is 0.888. The van der Waals surface area contributed by atoms with Crippen LogP contribution in [0, 0.1) is 5.92 Å². The Morgan fingerprint density at radius 1 is 1.25 bits per heavy atom. The molecule has 1 aliphatic carbocycles. The summed E-state index contributed by atoms with van der Waals surface area (Å²) in [6.07, 6.45) is 6.18. The lowest BCUT2D eigenvalue weighted by Crippen LogP contribution is -2.43. The highest BCUT2D eigenvalue weighted by Crippen LogP contribution is 2.33. The van der Waals surface area contributed by atoms with Gasteiger partial charge in [-0.3, -0.25) is 4.79 Å². The first-order valence-electron chi connectivity index (χ1n) is 7.85. The maximum Gasteiger partial charge on any atom is 0.237 e. The van der Waals surface area contributed by atoms with Crippen LogP contribution in [0.15, 0.2) is 30.3 Å². The Kier molecular flexibility index (Phi) is 4.06. The summed E-state index contributed by atoms with van der Waals surface area (Å²) in [5, 5.41) is 6.68. The first kappa shape index (κ1) is 13.6. The molecular weight excluding hydrogens is 248 g/mol. The van der Waals surface area contributed by atoms with E-state index in [4.69, 9.17) is 0 Å². The largest absolute Gasteiger partial charge is 0.348 e. The molecular formula is C17H24N2O. The second-order valence-electron chi connectivity index (χ2n) is 6.25. The van der Waals surface area contributed by atoms with Gasteiger partial charge in [-0.2, -0.15) is 0 Å². The molecule has 0 bridgehead atoms. The van der Waals surface area contributed by atoms with E-state index < -0.39 is 0 Å². The number of benzene rings is 1. The Hall–Kier alpha value is -1.35. The summed E-state index contributed by atoms with van der Waals surface area (Å²) in [6, 6.07) is 10.8. The molecule has 4 atom stereocenters. The topological polar surface area (TPSA) is 41.1 Å². The van der Waals surface area contributed by atoms with Crippen LogP contribution in [0.5, 0.6) is 0 Å². The SMILES string of the molecule is CC(NC(=O)C1CC2CCCCC2N1)c1ccccc1. The molecule has 2 N–H and O–H groups in total. The van der Waals surface area contributed by atoms with Crippen molar-refractivity contribution < 1.29 is 4.79 Å². The molecule has 0 radical (unpaired) electrons. The summed E-state index contributed by atoms with van der Waals surface area (Å²) in [6.45, 7) is 2.05. The molecule has 108 valence electrons. The summed E-state index contributed by atoms with van der Waals surface area (Å²) in [5.41, 5.74) is 1.16. The zero-order chi connectivity index (χ0) is 13.9. The van der Waals surface area contributed by atoms with Gasteiger partial charge >= 0.3 is 0 Å². The molecule has 3 nitrogen and oxygen atoms in total. The predicted octanol–water partition coefficient (Wildman–Crippen LogP) is 2.78. The summed E-state index contributed by atoms with van der Waals surface area (Å²) >= 11 is 0. The van der Waals surface area contributed by atoms with Crippen molar-refractivity contribution in [3.8, 4) is 0 Å². The molecule has 4 unspecified atom stereocenters. The molecule has 2 fully saturated rings. The van der Waals surface area contributed by atoms with Crippen LogP contribution in [-0.2, 0) is 4.79 Å². The smallest absolute Gasteiger partial charge is 0.237 e. The number of fused-ring (bicyclic) bond motifs is 1. The minimum Gasteiger partial charge on any atom is -0.348 e. The van der Waals surface area contributed by atoms with Gasteiger partial charge < -0.3 is 10.6 Å². The first-order chi connectivity index (χ1) is 9.74. The van der Waals surface area contributed by atoms with E-state index >= 15 is 0 Å². The van der Waals surface area contributed by atoms with Crippen molar-refractivity contribution in [2.45, 2.75) is 57.2 Å². The van der Waals surface area contributed by atoms with Crippen LogP contribution in [0.2, 0.25) is 0 Å². The highest BCUT2D eigenvalue weighted by atomic mass is 16.2. The van der Waals surface area contributed by atoms with Crippen molar-refractivity contribution in [2.24, 2.45) is 5.92 Å². The molecule has 1 heterocycles. The van der Waals surface area contributed by atoms with Crippen molar-refractivity contribution >= 4 is 5.91 Å². The van der Waals surface area contributed by atoms with Gasteiger partial charge in [-0.1, -0.05) is 43.2 Å². The van der Waals surface area contributed by atoms with Crippen LogP contribution in [0.1, 0.15) is 50.6 Å². The minimum absolute atomic E-state index is 0.00858. The highest BCUT2D eigenvalue weighted by Gasteiger charge is 2.38. The number of hydrogen-bond donors (Lipinski definition) is 2. The number of nitrogens with one attached hydrogen (secondary N) is 2. The maximum absolute atomic E-state index is 12.4. The molecule has 20 heavy (non-hydrogen) atoms. The van der Waals surface area contributed by atoms with Gasteiger partial charge in [0.15, 0.2) is 0 Å². The second-order valence-corrected chi connectivity index (χ2v) is 6.25. The molecule has 1 amide bonds. The van der Waals surface area contributed by atoms with Crippen molar-refractivity contribution in [3.63, 3.8) is 0 Å². The molecule has 1 aromatic rings. The van der Waals surface area contributed by atoms with Gasteiger partial charge in [0.05, 0.1) is 12.1 Å². The van der Waals surface area contributed by atoms with Crippen molar-refractivity contribution in [2.75, 3.05) is 0 Å². The Morgan fingerprint density at radius 3 is 2.75 bits per heavy atom. The van der Waals surface area contributed by atoms with E-state index in [0.717, 1.165) is 12.0 Å². The number of rotatable bonds is 3. The van der Waals surface area contributed by atoms with Crippen LogP contribution in [0.25, 0.3) is 0 Å². The van der Waals surface area contributed by atoms with Gasteiger partial charge in [0.2, 0.25) is 5.91 Å². The lowest BCUT2D eigenvalue weighted by Gasteiger charge is -2.24. The van der Waals surface area contributed by atoms with Crippen molar-refractivity contribution in [1.82, 2.24) is 10.6 Å². The summed E-state index contributed by atoms with van der Waals surface area (Å²) in [7, 11) is 0. The Morgan fingerprint density at radius 2 is 2.00 bits per heavy atom. The third kappa shape index (κ3) is 2.88.